The number of para-hydroxylation sites is 1. The number of carboxylic acids is 3. The molecule has 0 aliphatic carbocycles. The van der Waals surface area contributed by atoms with Gasteiger partial charge in [-0.3, -0.25) is 76.7 Å². The van der Waals surface area contributed by atoms with Crippen LogP contribution in [0, 0.1) is 5.92 Å². The van der Waals surface area contributed by atoms with E-state index in [0.717, 1.165) is 43.9 Å². The summed E-state index contributed by atoms with van der Waals surface area (Å²) in [5, 5.41) is 66.8. The number of amides is 13. The molecule has 0 radical (unpaired) electrons. The zero-order valence-electron chi connectivity index (χ0n) is 58.5. The zero-order chi connectivity index (χ0) is 75.0. The molecule has 13 amide bonds. The van der Waals surface area contributed by atoms with Crippen molar-refractivity contribution in [3.8, 4) is 0 Å². The zero-order valence-corrected chi connectivity index (χ0v) is 58.5. The fraction of sp³-hybridized carbons (Fsp3) is 0.647. The molecule has 102 heavy (non-hydrogen) atoms. The van der Waals surface area contributed by atoms with E-state index >= 15 is 4.79 Å². The first-order valence-electron chi connectivity index (χ1n) is 35.3. The summed E-state index contributed by atoms with van der Waals surface area (Å²) in [5.41, 5.74) is 1.31. The summed E-state index contributed by atoms with van der Waals surface area (Å²) in [6.07, 6.45) is 10.4. The van der Waals surface area contributed by atoms with Crippen molar-refractivity contribution in [1.29, 1.82) is 0 Å². The number of nitrogens with one attached hydrogen (secondary N) is 12. The second-order valence-corrected chi connectivity index (χ2v) is 26.3. The molecule has 4 heterocycles. The molecule has 564 valence electrons. The first-order chi connectivity index (χ1) is 48.6. The minimum absolute atomic E-state index is 0.0187. The summed E-state index contributed by atoms with van der Waals surface area (Å²) in [5.74, 6) is -19.0. The third-order valence-corrected chi connectivity index (χ3v) is 18.2. The van der Waals surface area contributed by atoms with Gasteiger partial charge < -0.3 is 93.7 Å². The highest BCUT2D eigenvalue weighted by Gasteiger charge is 2.43. The van der Waals surface area contributed by atoms with Crippen LogP contribution < -0.4 is 58.5 Å². The molecular weight excluding hydrogens is 1330 g/mol. The fourth-order valence-corrected chi connectivity index (χ4v) is 12.4. The number of carbonyl (C=O) groups excluding carboxylic acids is 13. The topological polar surface area (TPSA) is 509 Å². The van der Waals surface area contributed by atoms with E-state index < -0.39 is 207 Å². The lowest BCUT2D eigenvalue weighted by Crippen LogP contribution is -2.63. The highest BCUT2D eigenvalue weighted by Crippen LogP contribution is 2.24. The van der Waals surface area contributed by atoms with Crippen molar-refractivity contribution in [1.82, 2.24) is 73.3 Å². The molecule has 0 unspecified atom stereocenters. The lowest BCUT2D eigenvalue weighted by atomic mass is 9.96. The van der Waals surface area contributed by atoms with Crippen LogP contribution in [0.15, 0.2) is 30.5 Å². The van der Waals surface area contributed by atoms with Crippen molar-refractivity contribution < 1.29 is 97.1 Å². The molecule has 0 bridgehead atoms. The lowest BCUT2D eigenvalue weighted by molar-refractivity contribution is -0.146. The van der Waals surface area contributed by atoms with Gasteiger partial charge >= 0.3 is 17.9 Å². The van der Waals surface area contributed by atoms with Crippen LogP contribution in [0.5, 0.6) is 0 Å². The average Bonchev–Trinajstić information content (AvgIpc) is 1.45. The van der Waals surface area contributed by atoms with Crippen LogP contribution in [0.25, 0.3) is 10.9 Å². The SMILES string of the molecule is CCCCCCCCCCCCCCC(=O)N[C@@H](Cc1c[nH]c2ccccc12)C(=O)N[C@@H](CC(=O)O)C(=O)N[C@H]1CNC(=O)[C@@H]2CCCN2C(=O)[C@H]([C@@H](C)CC)NC(=O)[C@H]([C@@H](C)O)NC(=O)CNC(=O)[C@H](CC(=O)O)NC(=O)CNC(=O)[C@H](CC(=O)O)NC(=O)CNC(=O)[C@@H]2CCCCN2C1=O. The van der Waals surface area contributed by atoms with Gasteiger partial charge in [-0.2, -0.15) is 0 Å². The molecule has 11 atom stereocenters. The summed E-state index contributed by atoms with van der Waals surface area (Å²) in [6.45, 7) is 2.61. The molecule has 16 N–H and O–H groups in total. The molecule has 0 spiro atoms. The summed E-state index contributed by atoms with van der Waals surface area (Å²) >= 11 is 0. The third kappa shape index (κ3) is 27.0. The Morgan fingerprint density at radius 1 is 0.549 bits per heavy atom. The first kappa shape index (κ1) is 82.9. The van der Waals surface area contributed by atoms with Crippen LogP contribution in [-0.4, -0.2) is 230 Å². The Kier molecular flexibility index (Phi) is 34.5. The summed E-state index contributed by atoms with van der Waals surface area (Å²) in [6, 6.07) is -7.90. The molecule has 2 aromatic rings. The van der Waals surface area contributed by atoms with Crippen molar-refractivity contribution in [2.75, 3.05) is 39.3 Å². The van der Waals surface area contributed by atoms with E-state index in [9.17, 15) is 92.3 Å². The second-order valence-electron chi connectivity index (χ2n) is 26.3. The van der Waals surface area contributed by atoms with E-state index in [1.807, 2.05) is 0 Å². The Morgan fingerprint density at radius 2 is 1.07 bits per heavy atom. The van der Waals surface area contributed by atoms with E-state index in [1.54, 1.807) is 44.3 Å². The Bertz CT molecular complexity index is 3290. The maximum atomic E-state index is 15.2. The van der Waals surface area contributed by atoms with Crippen molar-refractivity contribution in [3.05, 3.63) is 36.0 Å². The number of hydrogen-bond donors (Lipinski definition) is 16. The predicted molar refractivity (Wildman–Crippen MR) is 365 cm³/mol. The molecule has 3 fully saturated rings. The second kappa shape index (κ2) is 42.5. The van der Waals surface area contributed by atoms with Gasteiger partial charge in [-0.25, -0.2) is 0 Å². The monoisotopic (exact) mass is 1430 g/mol. The van der Waals surface area contributed by atoms with Gasteiger partial charge in [0.15, 0.2) is 0 Å². The molecule has 3 aliphatic heterocycles. The van der Waals surface area contributed by atoms with Crippen LogP contribution in [0.4, 0.5) is 0 Å². The molecule has 34 nitrogen and oxygen atoms in total. The third-order valence-electron chi connectivity index (χ3n) is 18.2. The molecular formula is C68H102N14O20. The Balaban J connectivity index is 1.46. The highest BCUT2D eigenvalue weighted by molar-refractivity contribution is 6.01. The number of carbonyl (C=O) groups is 16. The maximum absolute atomic E-state index is 15.2. The number of aromatic nitrogens is 1. The number of aliphatic carboxylic acids is 3. The van der Waals surface area contributed by atoms with Crippen molar-refractivity contribution in [3.63, 3.8) is 0 Å². The molecule has 1 aromatic heterocycles. The summed E-state index contributed by atoms with van der Waals surface area (Å²) in [4.78, 5) is 224. The molecule has 34 heteroatoms. The molecule has 0 saturated carbocycles. The minimum atomic E-state index is -1.97. The van der Waals surface area contributed by atoms with E-state index in [-0.39, 0.29) is 58.0 Å². The molecule has 3 aliphatic rings. The van der Waals surface area contributed by atoms with Crippen LogP contribution >= 0.6 is 0 Å². The number of carboxylic acid groups (broad SMARTS) is 3. The average molecular weight is 1440 g/mol. The lowest BCUT2D eigenvalue weighted by Gasteiger charge is -2.37. The molecule has 5 rings (SSSR count). The number of rotatable bonds is 29. The fourth-order valence-electron chi connectivity index (χ4n) is 12.4. The number of H-pyrrole nitrogens is 1. The van der Waals surface area contributed by atoms with Gasteiger partial charge in [-0.1, -0.05) is 116 Å². The van der Waals surface area contributed by atoms with Crippen molar-refractivity contribution in [2.45, 2.75) is 236 Å². The number of benzene rings is 1. The predicted octanol–water partition coefficient (Wildman–Crippen LogP) is -1.10. The van der Waals surface area contributed by atoms with Gasteiger partial charge in [-0.05, 0) is 63.0 Å². The van der Waals surface area contributed by atoms with Crippen molar-refractivity contribution in [2.24, 2.45) is 5.92 Å². The number of aromatic amines is 1. The number of aliphatic hydroxyl groups is 1. The normalized spacial score (nSPS) is 22.5. The van der Waals surface area contributed by atoms with Gasteiger partial charge in [0.05, 0.1) is 45.0 Å². The standard InChI is InChI=1S/C68H102N14O20/c1-5-7-8-9-10-11-12-13-14-15-16-17-27-51(84)74-44(30-41-34-69-43-24-19-18-23-42(41)43)62(96)77-47(33-57(92)93)63(97)78-48-35-70-64(98)50-26-22-29-82(50)68(102)58(39(3)6-2)80-66(100)59(40(4)83)79-54(87)38-72-61(95)46(32-56(90)91)75-52(85)36-71-60(94)45(31-55(88)89)76-53(86)37-73-65(99)49-25-20-21-28-81(49)67(48)101/h18-19,23-24,34,39-40,44-50,58-59,69,83H,5-17,20-22,25-33,35-38H2,1-4H3,(H,70,98)(H,71,94)(H,72,95)(H,73,99)(H,74,84)(H,75,85)(H,76,86)(H,77,96)(H,78,97)(H,79,87)(H,80,100)(H,88,89)(H,90,91)(H,92,93)/t39-,40+,44-,45-,46-,47-,48-,49-,50-,58-,59-/m0/s1. The number of piperidine rings is 1. The van der Waals surface area contributed by atoms with Crippen LogP contribution in [0.2, 0.25) is 0 Å². The maximum Gasteiger partial charge on any atom is 0.305 e. The Hall–Kier alpha value is -9.76. The van der Waals surface area contributed by atoms with Gasteiger partial charge in [0, 0.05) is 49.6 Å². The van der Waals surface area contributed by atoms with Crippen LogP contribution in [-0.2, 0) is 83.1 Å². The first-order valence-corrected chi connectivity index (χ1v) is 35.3. The van der Waals surface area contributed by atoms with Crippen LogP contribution in [0.3, 0.4) is 0 Å². The number of unbranched alkanes of at least 4 members (excludes halogenated alkanes) is 11. The van der Waals surface area contributed by atoms with Gasteiger partial charge in [0.1, 0.15) is 54.4 Å². The quantitative estimate of drug-likeness (QED) is 0.0430. The summed E-state index contributed by atoms with van der Waals surface area (Å²) in [7, 11) is 0. The smallest absolute Gasteiger partial charge is 0.305 e. The van der Waals surface area contributed by atoms with Gasteiger partial charge in [0.25, 0.3) is 0 Å². The molecule has 1 aromatic carbocycles. The molecule has 3 saturated heterocycles. The van der Waals surface area contributed by atoms with E-state index in [2.05, 4.69) is 70.4 Å². The van der Waals surface area contributed by atoms with Crippen LogP contribution in [0.1, 0.15) is 175 Å². The number of aliphatic hydroxyl groups excluding tert-OH is 1. The van der Waals surface area contributed by atoms with Gasteiger partial charge in [0.2, 0.25) is 76.8 Å². The van der Waals surface area contributed by atoms with Crippen molar-refractivity contribution >= 4 is 106 Å². The Labute approximate surface area is 591 Å². The van der Waals surface area contributed by atoms with E-state index in [1.165, 1.54) is 43.4 Å². The largest absolute Gasteiger partial charge is 0.481 e. The van der Waals surface area contributed by atoms with E-state index in [0.29, 0.717) is 29.3 Å². The Morgan fingerprint density at radius 3 is 1.63 bits per heavy atom. The van der Waals surface area contributed by atoms with E-state index in [4.69, 9.17) is 0 Å². The summed E-state index contributed by atoms with van der Waals surface area (Å²) < 4.78 is 0. The number of fused-ring (bicyclic) bond motifs is 3. The highest BCUT2D eigenvalue weighted by atomic mass is 16.4. The minimum Gasteiger partial charge on any atom is -0.481 e. The van der Waals surface area contributed by atoms with Gasteiger partial charge in [-0.15, -0.1) is 0 Å². The number of nitrogens with zero attached hydrogens (tertiary/aromatic N) is 2. The number of hydrogen-bond acceptors (Lipinski definition) is 17.